The monoisotopic (exact) mass is 342 g/mol. The number of ether oxygens (including phenoxy) is 1. The van der Waals surface area contributed by atoms with Gasteiger partial charge < -0.3 is 19.4 Å². The molecular weight excluding hydrogens is 334 g/mol. The van der Waals surface area contributed by atoms with Crippen molar-refractivity contribution in [3.8, 4) is 22.9 Å². The highest BCUT2D eigenvalue weighted by Crippen LogP contribution is 2.34. The van der Waals surface area contributed by atoms with Gasteiger partial charge in [0.1, 0.15) is 0 Å². The molecule has 0 saturated heterocycles. The molecule has 2 aromatic rings. The van der Waals surface area contributed by atoms with Crippen molar-refractivity contribution in [1.29, 1.82) is 0 Å². The van der Waals surface area contributed by atoms with Crippen molar-refractivity contribution in [2.24, 2.45) is 0 Å². The molecule has 0 radical (unpaired) electrons. The van der Waals surface area contributed by atoms with Crippen LogP contribution in [0.1, 0.15) is 0 Å². The Kier molecular flexibility index (Phi) is 4.53. The van der Waals surface area contributed by atoms with E-state index in [1.54, 1.807) is 6.07 Å². The van der Waals surface area contributed by atoms with Crippen LogP contribution in [-0.2, 0) is 0 Å². The van der Waals surface area contributed by atoms with Crippen LogP contribution >= 0.6 is 15.9 Å². The Bertz CT molecular complexity index is 612. The Morgan fingerprint density at radius 2 is 2.00 bits per heavy atom. The number of methoxy groups -OCH3 is 1. The first-order valence-electron chi connectivity index (χ1n) is 5.40. The zero-order valence-corrected chi connectivity index (χ0v) is 11.8. The van der Waals surface area contributed by atoms with Crippen molar-refractivity contribution in [1.82, 2.24) is 9.97 Å². The van der Waals surface area contributed by atoms with Gasteiger partial charge in [-0.15, -0.1) is 0 Å². The second-order valence-corrected chi connectivity index (χ2v) is 4.48. The number of rotatable bonds is 4. The van der Waals surface area contributed by atoms with Crippen LogP contribution in [0.15, 0.2) is 29.0 Å². The summed E-state index contributed by atoms with van der Waals surface area (Å²) >= 11 is 3.18. The Balaban J connectivity index is 2.37. The van der Waals surface area contributed by atoms with Gasteiger partial charge in [-0.05, 0) is 28.1 Å². The Morgan fingerprint density at radius 1 is 1.25 bits per heavy atom. The normalized spacial score (nSPS) is 10.2. The molecule has 104 valence electrons. The standard InChI is InChI=1S/C11H9BBrFN2O4/c1-19-11-7(13)3-2-6(10(11)14)8-4-16-9(5-15-8)20-12(17)18/h2-5,17-18H,1H3. The zero-order valence-electron chi connectivity index (χ0n) is 10.2. The minimum atomic E-state index is -1.99. The van der Waals surface area contributed by atoms with Gasteiger partial charge in [0, 0.05) is 5.56 Å². The molecule has 0 aliphatic carbocycles. The zero-order chi connectivity index (χ0) is 14.7. The number of hydrogen-bond donors (Lipinski definition) is 2. The summed E-state index contributed by atoms with van der Waals surface area (Å²) in [5.74, 6) is -0.601. The molecular formula is C11H9BBrFN2O4. The van der Waals surface area contributed by atoms with Crippen LogP contribution in [-0.4, -0.2) is 34.4 Å². The predicted molar refractivity (Wildman–Crippen MR) is 72.5 cm³/mol. The van der Waals surface area contributed by atoms with E-state index in [1.165, 1.54) is 19.4 Å². The van der Waals surface area contributed by atoms with E-state index in [0.717, 1.165) is 6.20 Å². The van der Waals surface area contributed by atoms with Crippen molar-refractivity contribution in [3.63, 3.8) is 0 Å². The first-order chi connectivity index (χ1) is 9.52. The molecule has 1 heterocycles. The van der Waals surface area contributed by atoms with E-state index in [2.05, 4.69) is 30.6 Å². The van der Waals surface area contributed by atoms with Crippen LogP contribution in [0, 0.1) is 5.82 Å². The lowest BCUT2D eigenvalue weighted by Crippen LogP contribution is -2.21. The summed E-state index contributed by atoms with van der Waals surface area (Å²) in [4.78, 5) is 7.74. The van der Waals surface area contributed by atoms with Crippen LogP contribution in [0.5, 0.6) is 11.6 Å². The molecule has 0 aliphatic rings. The molecule has 20 heavy (non-hydrogen) atoms. The number of hydrogen-bond acceptors (Lipinski definition) is 6. The molecule has 0 atom stereocenters. The summed E-state index contributed by atoms with van der Waals surface area (Å²) in [5, 5.41) is 17.2. The molecule has 1 aromatic heterocycles. The Morgan fingerprint density at radius 3 is 2.55 bits per heavy atom. The Labute approximate surface area is 122 Å². The molecule has 0 aliphatic heterocycles. The van der Waals surface area contributed by atoms with Crippen molar-refractivity contribution in [2.45, 2.75) is 0 Å². The third kappa shape index (κ3) is 3.06. The van der Waals surface area contributed by atoms with Crippen LogP contribution in [0.3, 0.4) is 0 Å². The molecule has 0 unspecified atom stereocenters. The topological polar surface area (TPSA) is 84.7 Å². The van der Waals surface area contributed by atoms with E-state index in [1.807, 2.05) is 0 Å². The molecule has 1 aromatic carbocycles. The van der Waals surface area contributed by atoms with Crippen molar-refractivity contribution in [2.75, 3.05) is 7.11 Å². The second kappa shape index (κ2) is 6.16. The van der Waals surface area contributed by atoms with Crippen molar-refractivity contribution in [3.05, 3.63) is 34.8 Å². The van der Waals surface area contributed by atoms with Gasteiger partial charge in [-0.1, -0.05) is 0 Å². The third-order valence-electron chi connectivity index (χ3n) is 2.38. The van der Waals surface area contributed by atoms with Crippen molar-refractivity contribution < 1.29 is 23.8 Å². The second-order valence-electron chi connectivity index (χ2n) is 3.63. The third-order valence-corrected chi connectivity index (χ3v) is 3.01. The summed E-state index contributed by atoms with van der Waals surface area (Å²) in [7, 11) is -0.627. The fourth-order valence-corrected chi connectivity index (χ4v) is 2.01. The molecule has 0 fully saturated rings. The molecule has 9 heteroatoms. The van der Waals surface area contributed by atoms with E-state index >= 15 is 0 Å². The fraction of sp³-hybridized carbons (Fsp3) is 0.0909. The predicted octanol–water partition coefficient (Wildman–Crippen LogP) is 1.40. The van der Waals surface area contributed by atoms with Gasteiger partial charge in [0.2, 0.25) is 5.88 Å². The van der Waals surface area contributed by atoms with E-state index in [0.29, 0.717) is 4.47 Å². The summed E-state index contributed by atoms with van der Waals surface area (Å²) in [6, 6.07) is 3.15. The van der Waals surface area contributed by atoms with Gasteiger partial charge in [0.25, 0.3) is 0 Å². The van der Waals surface area contributed by atoms with Crippen LogP contribution in [0.4, 0.5) is 4.39 Å². The molecule has 0 amide bonds. The van der Waals surface area contributed by atoms with Gasteiger partial charge in [0.05, 0.1) is 29.7 Å². The molecule has 0 saturated carbocycles. The van der Waals surface area contributed by atoms with Crippen LogP contribution < -0.4 is 9.39 Å². The smallest absolute Gasteiger partial charge is 0.497 e. The van der Waals surface area contributed by atoms with Gasteiger partial charge in [-0.25, -0.2) is 14.4 Å². The maximum absolute atomic E-state index is 14.2. The largest absolute Gasteiger partial charge is 0.708 e. The van der Waals surface area contributed by atoms with Gasteiger partial charge in [-0.2, -0.15) is 0 Å². The van der Waals surface area contributed by atoms with Crippen molar-refractivity contribution >= 4 is 23.3 Å². The quantitative estimate of drug-likeness (QED) is 0.817. The Hall–Kier alpha value is -1.71. The summed E-state index contributed by atoms with van der Waals surface area (Å²) in [6.45, 7) is 0. The number of aromatic nitrogens is 2. The highest BCUT2D eigenvalue weighted by molar-refractivity contribution is 9.10. The van der Waals surface area contributed by atoms with Gasteiger partial charge in [-0.3, -0.25) is 0 Å². The molecule has 2 rings (SSSR count). The maximum atomic E-state index is 14.2. The first-order valence-corrected chi connectivity index (χ1v) is 6.19. The molecule has 6 nitrogen and oxygen atoms in total. The SMILES string of the molecule is COc1c(Br)ccc(-c2cnc(OB(O)O)cn2)c1F. The highest BCUT2D eigenvalue weighted by atomic mass is 79.9. The van der Waals surface area contributed by atoms with E-state index in [9.17, 15) is 4.39 Å². The minimum absolute atomic E-state index is 0.0652. The maximum Gasteiger partial charge on any atom is 0.708 e. The lowest BCUT2D eigenvalue weighted by atomic mass is 10.1. The van der Waals surface area contributed by atoms with Gasteiger partial charge >= 0.3 is 7.32 Å². The number of halogens is 2. The highest BCUT2D eigenvalue weighted by Gasteiger charge is 2.16. The number of nitrogens with zero attached hydrogens (tertiary/aromatic N) is 2. The molecule has 2 N–H and O–H groups in total. The van der Waals surface area contributed by atoms with Gasteiger partial charge in [0.15, 0.2) is 11.6 Å². The lowest BCUT2D eigenvalue weighted by molar-refractivity contribution is 0.283. The van der Waals surface area contributed by atoms with Crippen LogP contribution in [0.25, 0.3) is 11.3 Å². The first kappa shape index (κ1) is 14.7. The minimum Gasteiger partial charge on any atom is -0.497 e. The van der Waals surface area contributed by atoms with Crippen LogP contribution in [0.2, 0.25) is 0 Å². The van der Waals surface area contributed by atoms with E-state index in [4.69, 9.17) is 14.8 Å². The summed E-state index contributed by atoms with van der Waals surface area (Å²) in [6.07, 6.45) is 2.41. The average molecular weight is 343 g/mol. The average Bonchev–Trinajstić information content (AvgIpc) is 2.40. The van der Waals surface area contributed by atoms with E-state index < -0.39 is 13.1 Å². The molecule has 0 bridgehead atoms. The number of benzene rings is 1. The van der Waals surface area contributed by atoms with E-state index in [-0.39, 0.29) is 22.9 Å². The molecule has 0 spiro atoms. The lowest BCUT2D eigenvalue weighted by Gasteiger charge is -2.09. The summed E-state index contributed by atoms with van der Waals surface area (Å²) in [5.41, 5.74) is 0.460. The fourth-order valence-electron chi connectivity index (χ4n) is 1.54. The summed E-state index contributed by atoms with van der Waals surface area (Å²) < 4.78 is 24.1.